The van der Waals surface area contributed by atoms with Crippen molar-refractivity contribution in [2.45, 2.75) is 12.8 Å². The maximum atomic E-state index is 11.6. The Balaban J connectivity index is 2.29. The van der Waals surface area contributed by atoms with Crippen LogP contribution in [0.1, 0.15) is 18.4 Å². The van der Waals surface area contributed by atoms with Crippen molar-refractivity contribution in [3.63, 3.8) is 0 Å². The minimum absolute atomic E-state index is 0.225. The van der Waals surface area contributed by atoms with E-state index in [2.05, 4.69) is 0 Å². The first-order valence-electron chi connectivity index (χ1n) is 6.39. The summed E-state index contributed by atoms with van der Waals surface area (Å²) in [6.07, 6.45) is 0. The van der Waals surface area contributed by atoms with Gasteiger partial charge < -0.3 is 14.2 Å². The second-order valence-corrected chi connectivity index (χ2v) is 4.56. The molecule has 2 rings (SSSR count). The third-order valence-electron chi connectivity index (χ3n) is 3.23. The van der Waals surface area contributed by atoms with Crippen LogP contribution < -0.4 is 4.74 Å². The topological polar surface area (TPSA) is 44.8 Å². The minimum atomic E-state index is -0.270. The molecule has 0 amide bonds. The third-order valence-corrected chi connectivity index (χ3v) is 3.23. The molecule has 1 atom stereocenters. The van der Waals surface area contributed by atoms with Crippen molar-refractivity contribution in [1.82, 2.24) is 0 Å². The smallest absolute Gasteiger partial charge is 0.312 e. The zero-order valence-corrected chi connectivity index (χ0v) is 11.9. The van der Waals surface area contributed by atoms with E-state index in [1.165, 1.54) is 7.11 Å². The highest BCUT2D eigenvalue weighted by Crippen LogP contribution is 2.25. The number of ether oxygens (including phenoxy) is 3. The molecule has 0 aliphatic carbocycles. The number of hydrogen-bond donors (Lipinski definition) is 0. The Morgan fingerprint density at radius 1 is 1.10 bits per heavy atom. The summed E-state index contributed by atoms with van der Waals surface area (Å²) < 4.78 is 15.0. The van der Waals surface area contributed by atoms with Gasteiger partial charge >= 0.3 is 5.97 Å². The Morgan fingerprint density at radius 2 is 1.80 bits per heavy atom. The van der Waals surface area contributed by atoms with Crippen molar-refractivity contribution in [2.75, 3.05) is 21.0 Å². The van der Waals surface area contributed by atoms with Crippen LogP contribution in [0.25, 0.3) is 10.8 Å². The lowest BCUT2D eigenvalue weighted by Crippen LogP contribution is -2.10. The van der Waals surface area contributed by atoms with E-state index >= 15 is 0 Å². The quantitative estimate of drug-likeness (QED) is 0.621. The van der Waals surface area contributed by atoms with E-state index in [4.69, 9.17) is 14.2 Å². The third kappa shape index (κ3) is 3.08. The van der Waals surface area contributed by atoms with Crippen LogP contribution >= 0.6 is 0 Å². The number of carbonyl (C=O) groups is 1. The number of benzene rings is 2. The van der Waals surface area contributed by atoms with Gasteiger partial charge in [0.25, 0.3) is 0 Å². The van der Waals surface area contributed by atoms with E-state index in [0.717, 1.165) is 22.1 Å². The Morgan fingerprint density at radius 3 is 2.50 bits per heavy atom. The van der Waals surface area contributed by atoms with Gasteiger partial charge in [-0.3, -0.25) is 4.79 Å². The lowest BCUT2D eigenvalue weighted by Gasteiger charge is -2.11. The molecule has 0 aliphatic rings. The van der Waals surface area contributed by atoms with E-state index in [9.17, 15) is 4.79 Å². The number of carbonyl (C=O) groups excluding carboxylic acids is 1. The van der Waals surface area contributed by atoms with Crippen LogP contribution in [0.15, 0.2) is 36.4 Å². The summed E-state index contributed by atoms with van der Waals surface area (Å²) in [6, 6.07) is 11.7. The highest BCUT2D eigenvalue weighted by Gasteiger charge is 2.15. The van der Waals surface area contributed by atoms with Gasteiger partial charge in [-0.15, -0.1) is 0 Å². The van der Waals surface area contributed by atoms with E-state index in [1.807, 2.05) is 43.3 Å². The molecule has 2 aromatic rings. The highest BCUT2D eigenvalue weighted by atomic mass is 16.7. The van der Waals surface area contributed by atoms with Gasteiger partial charge in [0.05, 0.1) is 13.0 Å². The van der Waals surface area contributed by atoms with Crippen LogP contribution in [0.4, 0.5) is 0 Å². The summed E-state index contributed by atoms with van der Waals surface area (Å²) in [5, 5.41) is 2.11. The molecule has 0 heterocycles. The summed E-state index contributed by atoms with van der Waals surface area (Å²) in [6.45, 7) is 2.06. The molecule has 0 aliphatic heterocycles. The zero-order valence-electron chi connectivity index (χ0n) is 11.9. The Labute approximate surface area is 118 Å². The van der Waals surface area contributed by atoms with Crippen LogP contribution in [0.3, 0.4) is 0 Å². The van der Waals surface area contributed by atoms with Gasteiger partial charge in [0, 0.05) is 7.11 Å². The normalized spacial score (nSPS) is 12.2. The van der Waals surface area contributed by atoms with Crippen molar-refractivity contribution in [1.29, 1.82) is 0 Å². The molecule has 0 saturated heterocycles. The summed E-state index contributed by atoms with van der Waals surface area (Å²) in [5.74, 6) is 0.256. The van der Waals surface area contributed by atoms with Gasteiger partial charge in [-0.2, -0.15) is 0 Å². The number of fused-ring (bicyclic) bond motifs is 1. The van der Waals surface area contributed by atoms with Crippen LogP contribution in [0.2, 0.25) is 0 Å². The highest BCUT2D eigenvalue weighted by molar-refractivity contribution is 5.86. The maximum Gasteiger partial charge on any atom is 0.312 e. The molecule has 0 radical (unpaired) electrons. The van der Waals surface area contributed by atoms with Gasteiger partial charge in [0.1, 0.15) is 5.75 Å². The van der Waals surface area contributed by atoms with E-state index in [0.29, 0.717) is 0 Å². The van der Waals surface area contributed by atoms with Gasteiger partial charge in [-0.05, 0) is 35.4 Å². The molecule has 0 saturated carbocycles. The van der Waals surface area contributed by atoms with E-state index in [1.54, 1.807) is 7.11 Å². The first-order valence-corrected chi connectivity index (χ1v) is 6.39. The number of hydrogen-bond acceptors (Lipinski definition) is 4. The molecular weight excluding hydrogens is 256 g/mol. The Bertz CT molecular complexity index is 606. The first-order chi connectivity index (χ1) is 9.65. The molecular formula is C16H18O4. The summed E-state index contributed by atoms with van der Waals surface area (Å²) in [4.78, 5) is 11.6. The van der Waals surface area contributed by atoms with Crippen LogP contribution in [-0.2, 0) is 14.3 Å². The van der Waals surface area contributed by atoms with Crippen molar-refractivity contribution in [2.24, 2.45) is 0 Å². The fraction of sp³-hybridized carbons (Fsp3) is 0.312. The first kappa shape index (κ1) is 14.3. The predicted molar refractivity (Wildman–Crippen MR) is 76.9 cm³/mol. The van der Waals surface area contributed by atoms with E-state index < -0.39 is 0 Å². The van der Waals surface area contributed by atoms with Crippen LogP contribution in [0, 0.1) is 0 Å². The van der Waals surface area contributed by atoms with Gasteiger partial charge in [-0.1, -0.05) is 24.3 Å². The average Bonchev–Trinajstić information content (AvgIpc) is 2.50. The molecule has 20 heavy (non-hydrogen) atoms. The number of esters is 1. The number of methoxy groups -OCH3 is 2. The van der Waals surface area contributed by atoms with Crippen LogP contribution in [0.5, 0.6) is 5.75 Å². The van der Waals surface area contributed by atoms with Crippen molar-refractivity contribution >= 4 is 16.7 Å². The molecule has 4 nitrogen and oxygen atoms in total. The lowest BCUT2D eigenvalue weighted by molar-refractivity contribution is -0.141. The van der Waals surface area contributed by atoms with Gasteiger partial charge in [0.2, 0.25) is 0 Å². The fourth-order valence-electron chi connectivity index (χ4n) is 2.04. The summed E-state index contributed by atoms with van der Waals surface area (Å²) >= 11 is 0. The largest absolute Gasteiger partial charge is 0.469 e. The van der Waals surface area contributed by atoms with Crippen molar-refractivity contribution < 1.29 is 19.0 Å². The molecule has 2 aromatic carbocycles. The summed E-state index contributed by atoms with van der Waals surface area (Å²) in [7, 11) is 2.99. The second kappa shape index (κ2) is 6.39. The monoisotopic (exact) mass is 274 g/mol. The molecule has 106 valence electrons. The maximum absolute atomic E-state index is 11.6. The minimum Gasteiger partial charge on any atom is -0.469 e. The van der Waals surface area contributed by atoms with Gasteiger partial charge in [0.15, 0.2) is 6.79 Å². The Kier molecular flexibility index (Phi) is 4.58. The summed E-state index contributed by atoms with van der Waals surface area (Å²) in [5.41, 5.74) is 0.940. The Hall–Kier alpha value is -2.07. The molecule has 0 bridgehead atoms. The van der Waals surface area contributed by atoms with Crippen molar-refractivity contribution in [3.05, 3.63) is 42.0 Å². The molecule has 0 fully saturated rings. The molecule has 0 N–H and O–H groups in total. The molecule has 4 heteroatoms. The average molecular weight is 274 g/mol. The van der Waals surface area contributed by atoms with Gasteiger partial charge in [-0.25, -0.2) is 0 Å². The number of rotatable bonds is 5. The SMILES string of the molecule is COCOc1ccc2cc(C(C)C(=O)OC)ccc2c1. The molecule has 1 unspecified atom stereocenters. The standard InChI is InChI=1S/C16H18O4/c1-11(16(17)19-3)12-4-5-14-9-15(20-10-18-2)7-6-13(14)8-12/h4-9,11H,10H2,1-3H3. The van der Waals surface area contributed by atoms with Crippen molar-refractivity contribution in [3.8, 4) is 5.75 Å². The zero-order chi connectivity index (χ0) is 14.5. The molecule has 0 aromatic heterocycles. The fourth-order valence-corrected chi connectivity index (χ4v) is 2.04. The van der Waals surface area contributed by atoms with Crippen LogP contribution in [-0.4, -0.2) is 27.0 Å². The van der Waals surface area contributed by atoms with E-state index in [-0.39, 0.29) is 18.7 Å². The molecule has 0 spiro atoms. The second-order valence-electron chi connectivity index (χ2n) is 4.56. The lowest BCUT2D eigenvalue weighted by atomic mass is 9.98. The predicted octanol–water partition coefficient (Wildman–Crippen LogP) is 3.10.